The molecule has 0 aromatic heterocycles. The van der Waals surface area contributed by atoms with Crippen LogP contribution in [0.1, 0.15) is 12.5 Å². The van der Waals surface area contributed by atoms with Crippen LogP contribution in [0.2, 0.25) is 0 Å². The molecule has 2 aromatic carbocycles. The van der Waals surface area contributed by atoms with Gasteiger partial charge in [0, 0.05) is 19.7 Å². The minimum absolute atomic E-state index is 0.0136. The summed E-state index contributed by atoms with van der Waals surface area (Å²) < 4.78 is 26.0. The van der Waals surface area contributed by atoms with Crippen LogP contribution >= 0.6 is 0 Å². The molecule has 0 saturated heterocycles. The number of amides is 2. The summed E-state index contributed by atoms with van der Waals surface area (Å²) in [6.07, 6.45) is 1.47. The summed E-state index contributed by atoms with van der Waals surface area (Å²) in [5.41, 5.74) is 3.58. The van der Waals surface area contributed by atoms with Crippen LogP contribution in [0, 0.1) is 0 Å². The highest BCUT2D eigenvalue weighted by molar-refractivity contribution is 7.89. The highest BCUT2D eigenvalue weighted by Gasteiger charge is 2.22. The lowest BCUT2D eigenvalue weighted by Gasteiger charge is -2.16. The second-order valence-electron chi connectivity index (χ2n) is 5.67. The number of hydrogen-bond donors (Lipinski definition) is 2. The lowest BCUT2D eigenvalue weighted by Crippen LogP contribution is -2.36. The Morgan fingerprint density at radius 1 is 1.07 bits per heavy atom. The molecule has 2 amide bonds. The molecule has 0 radical (unpaired) electrons. The number of sulfonamides is 1. The molecular formula is C18H20N4O4S. The monoisotopic (exact) mass is 388 g/mol. The SMILES string of the molecule is CC(=O)Nc1ccc(S(=O)(=O)N(C)CC(=O)N/N=C\c2ccccc2)cc1. The zero-order valence-corrected chi connectivity index (χ0v) is 15.7. The van der Waals surface area contributed by atoms with E-state index in [0.717, 1.165) is 9.87 Å². The van der Waals surface area contributed by atoms with E-state index in [1.165, 1.54) is 44.5 Å². The van der Waals surface area contributed by atoms with Crippen LogP contribution in [0.25, 0.3) is 0 Å². The molecule has 0 aliphatic carbocycles. The van der Waals surface area contributed by atoms with E-state index in [2.05, 4.69) is 15.8 Å². The van der Waals surface area contributed by atoms with E-state index >= 15 is 0 Å². The van der Waals surface area contributed by atoms with Gasteiger partial charge in [-0.15, -0.1) is 0 Å². The third-order valence-electron chi connectivity index (χ3n) is 3.45. The van der Waals surface area contributed by atoms with E-state index < -0.39 is 15.9 Å². The molecule has 0 aliphatic heterocycles. The maximum Gasteiger partial charge on any atom is 0.255 e. The molecule has 2 rings (SSSR count). The first kappa shape index (κ1) is 20.3. The topological polar surface area (TPSA) is 108 Å². The molecule has 27 heavy (non-hydrogen) atoms. The number of nitrogens with one attached hydrogen (secondary N) is 2. The fraction of sp³-hybridized carbons (Fsp3) is 0.167. The maximum absolute atomic E-state index is 12.5. The first-order valence-corrected chi connectivity index (χ1v) is 9.44. The molecule has 2 aromatic rings. The van der Waals surface area contributed by atoms with Crippen molar-refractivity contribution < 1.29 is 18.0 Å². The number of nitrogens with zero attached hydrogens (tertiary/aromatic N) is 2. The molecule has 0 bridgehead atoms. The van der Waals surface area contributed by atoms with Crippen LogP contribution in [0.5, 0.6) is 0 Å². The van der Waals surface area contributed by atoms with Gasteiger partial charge >= 0.3 is 0 Å². The third-order valence-corrected chi connectivity index (χ3v) is 5.27. The van der Waals surface area contributed by atoms with Crippen LogP contribution in [-0.4, -0.2) is 44.3 Å². The molecule has 0 fully saturated rings. The Hall–Kier alpha value is -3.04. The predicted molar refractivity (Wildman–Crippen MR) is 103 cm³/mol. The highest BCUT2D eigenvalue weighted by atomic mass is 32.2. The van der Waals surface area contributed by atoms with Crippen molar-refractivity contribution in [1.82, 2.24) is 9.73 Å². The second kappa shape index (κ2) is 9.06. The lowest BCUT2D eigenvalue weighted by molar-refractivity contribution is -0.121. The molecule has 2 N–H and O–H groups in total. The smallest absolute Gasteiger partial charge is 0.255 e. The van der Waals surface area contributed by atoms with E-state index in [1.807, 2.05) is 30.3 Å². The Labute approximate surface area is 157 Å². The summed E-state index contributed by atoms with van der Waals surface area (Å²) in [5.74, 6) is -0.821. The van der Waals surface area contributed by atoms with Crippen LogP contribution in [0.4, 0.5) is 5.69 Å². The molecule has 0 heterocycles. The number of hydrazone groups is 1. The minimum atomic E-state index is -3.85. The van der Waals surface area contributed by atoms with Gasteiger partial charge in [-0.3, -0.25) is 9.59 Å². The standard InChI is InChI=1S/C18H20N4O4S/c1-14(23)20-16-8-10-17(11-9-16)27(25,26)22(2)13-18(24)21-19-12-15-6-4-3-5-7-15/h3-12H,13H2,1-2H3,(H,20,23)(H,21,24)/b19-12-. The van der Waals surface area contributed by atoms with Crippen molar-refractivity contribution in [2.24, 2.45) is 5.10 Å². The number of benzene rings is 2. The van der Waals surface area contributed by atoms with Crippen LogP contribution in [-0.2, 0) is 19.6 Å². The van der Waals surface area contributed by atoms with Crippen molar-refractivity contribution in [1.29, 1.82) is 0 Å². The summed E-state index contributed by atoms with van der Waals surface area (Å²) in [7, 11) is -2.55. The quantitative estimate of drug-likeness (QED) is 0.552. The second-order valence-corrected chi connectivity index (χ2v) is 7.72. The number of anilines is 1. The average Bonchev–Trinajstić information content (AvgIpc) is 2.62. The minimum Gasteiger partial charge on any atom is -0.326 e. The Kier molecular flexibility index (Phi) is 6.80. The van der Waals surface area contributed by atoms with Crippen molar-refractivity contribution in [2.45, 2.75) is 11.8 Å². The summed E-state index contributed by atoms with van der Waals surface area (Å²) >= 11 is 0. The first-order valence-electron chi connectivity index (χ1n) is 8.00. The summed E-state index contributed by atoms with van der Waals surface area (Å²) in [6.45, 7) is 0.971. The van der Waals surface area contributed by atoms with Crippen molar-refractivity contribution in [3.05, 3.63) is 60.2 Å². The lowest BCUT2D eigenvalue weighted by atomic mass is 10.2. The van der Waals surface area contributed by atoms with Crippen molar-refractivity contribution in [3.8, 4) is 0 Å². The Bertz CT molecular complexity index is 926. The van der Waals surface area contributed by atoms with Crippen LogP contribution < -0.4 is 10.7 Å². The summed E-state index contributed by atoms with van der Waals surface area (Å²) in [6, 6.07) is 14.8. The van der Waals surface area contributed by atoms with Crippen LogP contribution in [0.15, 0.2) is 64.6 Å². The van der Waals surface area contributed by atoms with Gasteiger partial charge in [-0.25, -0.2) is 13.8 Å². The molecule has 0 saturated carbocycles. The van der Waals surface area contributed by atoms with Gasteiger partial charge in [-0.2, -0.15) is 9.41 Å². The number of hydrogen-bond acceptors (Lipinski definition) is 5. The molecule has 0 spiro atoms. The van der Waals surface area contributed by atoms with Gasteiger partial charge in [-0.1, -0.05) is 30.3 Å². The van der Waals surface area contributed by atoms with Gasteiger partial charge in [0.25, 0.3) is 5.91 Å². The van der Waals surface area contributed by atoms with Gasteiger partial charge in [0.1, 0.15) is 0 Å². The van der Waals surface area contributed by atoms with Gasteiger partial charge in [0.2, 0.25) is 15.9 Å². The number of carbonyl (C=O) groups is 2. The third kappa shape index (κ3) is 6.01. The summed E-state index contributed by atoms with van der Waals surface area (Å²) in [5, 5.41) is 6.36. The molecule has 9 heteroatoms. The summed E-state index contributed by atoms with van der Waals surface area (Å²) in [4.78, 5) is 22.9. The van der Waals surface area contributed by atoms with E-state index in [-0.39, 0.29) is 17.3 Å². The predicted octanol–water partition coefficient (Wildman–Crippen LogP) is 1.42. The Balaban J connectivity index is 1.96. The Morgan fingerprint density at radius 3 is 2.30 bits per heavy atom. The molecule has 142 valence electrons. The number of likely N-dealkylation sites (N-methyl/N-ethyl adjacent to an activating group) is 1. The fourth-order valence-corrected chi connectivity index (χ4v) is 3.26. The molecule has 0 atom stereocenters. The van der Waals surface area contributed by atoms with E-state index in [9.17, 15) is 18.0 Å². The number of rotatable bonds is 7. The first-order chi connectivity index (χ1) is 12.8. The van der Waals surface area contributed by atoms with Gasteiger partial charge in [0.05, 0.1) is 17.7 Å². The van der Waals surface area contributed by atoms with E-state index in [0.29, 0.717) is 5.69 Å². The molecule has 0 aliphatic rings. The van der Waals surface area contributed by atoms with Gasteiger partial charge in [0.15, 0.2) is 0 Å². The maximum atomic E-state index is 12.5. The number of carbonyl (C=O) groups excluding carboxylic acids is 2. The molecule has 8 nitrogen and oxygen atoms in total. The average molecular weight is 388 g/mol. The zero-order valence-electron chi connectivity index (χ0n) is 14.9. The van der Waals surface area contributed by atoms with E-state index in [4.69, 9.17) is 0 Å². The highest BCUT2D eigenvalue weighted by Crippen LogP contribution is 2.17. The van der Waals surface area contributed by atoms with Crippen molar-refractivity contribution >= 4 is 33.7 Å². The van der Waals surface area contributed by atoms with Crippen LogP contribution in [0.3, 0.4) is 0 Å². The van der Waals surface area contributed by atoms with E-state index in [1.54, 1.807) is 0 Å². The Morgan fingerprint density at radius 2 is 1.70 bits per heavy atom. The fourth-order valence-electron chi connectivity index (χ4n) is 2.13. The van der Waals surface area contributed by atoms with Gasteiger partial charge < -0.3 is 5.32 Å². The van der Waals surface area contributed by atoms with Crippen molar-refractivity contribution in [3.63, 3.8) is 0 Å². The zero-order chi connectivity index (χ0) is 19.9. The normalized spacial score (nSPS) is 11.5. The van der Waals surface area contributed by atoms with Crippen molar-refractivity contribution in [2.75, 3.05) is 18.9 Å². The van der Waals surface area contributed by atoms with Gasteiger partial charge in [-0.05, 0) is 29.8 Å². The molecule has 0 unspecified atom stereocenters. The molecular weight excluding hydrogens is 368 g/mol. The largest absolute Gasteiger partial charge is 0.326 e.